The second-order valence-corrected chi connectivity index (χ2v) is 9.64. The molecule has 0 aliphatic carbocycles. The van der Waals surface area contributed by atoms with Gasteiger partial charge < -0.3 is 4.42 Å². The average molecular weight is 550 g/mol. The summed E-state index contributed by atoms with van der Waals surface area (Å²) in [6.07, 6.45) is -1.10. The van der Waals surface area contributed by atoms with E-state index >= 15 is 0 Å². The SMILES string of the molecule is O=C1[C@H]2[C@@H](ON(c3ccccc3)[C@H]2c2ccc(-c3ccc(Cl)cc3[N+](=O)[O-])o2)C(=O)N1c1ccc(Cl)cc1. The van der Waals surface area contributed by atoms with Gasteiger partial charge in [0, 0.05) is 16.1 Å². The minimum absolute atomic E-state index is 0.214. The Hall–Kier alpha value is -4.18. The van der Waals surface area contributed by atoms with Crippen molar-refractivity contribution in [1.29, 1.82) is 0 Å². The third kappa shape index (κ3) is 3.92. The number of hydrogen-bond acceptors (Lipinski definition) is 7. The number of nitro benzene ring substituents is 1. The number of nitrogens with zero attached hydrogens (tertiary/aromatic N) is 3. The van der Waals surface area contributed by atoms with Crippen molar-refractivity contribution < 1.29 is 23.8 Å². The fraction of sp³-hybridized carbons (Fsp3) is 0.111. The quantitative estimate of drug-likeness (QED) is 0.165. The highest BCUT2D eigenvalue weighted by Gasteiger charge is 2.61. The molecule has 0 spiro atoms. The number of para-hydroxylation sites is 1. The fourth-order valence-corrected chi connectivity index (χ4v) is 5.16. The van der Waals surface area contributed by atoms with Gasteiger partial charge in [0.25, 0.3) is 11.6 Å². The first-order valence-electron chi connectivity index (χ1n) is 11.5. The van der Waals surface area contributed by atoms with Gasteiger partial charge in [0.05, 0.1) is 21.9 Å². The van der Waals surface area contributed by atoms with Gasteiger partial charge in [-0.2, -0.15) is 0 Å². The number of carbonyl (C=O) groups excluding carboxylic acids is 2. The number of anilines is 2. The molecule has 0 N–H and O–H groups in total. The van der Waals surface area contributed by atoms with Crippen molar-refractivity contribution in [2.45, 2.75) is 12.1 Å². The second kappa shape index (κ2) is 9.29. The number of fused-ring (bicyclic) bond motifs is 1. The standard InChI is InChI=1S/C27H17Cl2N3O6/c28-15-6-9-17(10-7-15)30-26(33)23-24(31(38-25(23)27(30)34)18-4-2-1-3-5-18)22-13-12-21(37-22)19-11-8-16(29)14-20(19)32(35)36/h1-14,23-25H/t23-,24+,25-/m1/s1. The van der Waals surface area contributed by atoms with Gasteiger partial charge >= 0.3 is 0 Å². The predicted octanol–water partition coefficient (Wildman–Crippen LogP) is 6.21. The molecule has 2 saturated heterocycles. The van der Waals surface area contributed by atoms with Crippen LogP contribution in [0.1, 0.15) is 11.8 Å². The summed E-state index contributed by atoms with van der Waals surface area (Å²) in [4.78, 5) is 45.4. The van der Waals surface area contributed by atoms with Crippen LogP contribution in [0.25, 0.3) is 11.3 Å². The van der Waals surface area contributed by atoms with E-state index in [0.29, 0.717) is 22.2 Å². The lowest BCUT2D eigenvalue weighted by Gasteiger charge is -2.27. The summed E-state index contributed by atoms with van der Waals surface area (Å²) >= 11 is 12.0. The number of hydroxylamine groups is 1. The van der Waals surface area contributed by atoms with Crippen LogP contribution in [0.3, 0.4) is 0 Å². The Bertz CT molecular complexity index is 1570. The lowest BCUT2D eigenvalue weighted by molar-refractivity contribution is -0.384. The maximum atomic E-state index is 13.7. The molecule has 3 aromatic carbocycles. The molecule has 6 rings (SSSR count). The van der Waals surface area contributed by atoms with E-state index < -0.39 is 34.8 Å². The summed E-state index contributed by atoms with van der Waals surface area (Å²) in [6.45, 7) is 0. The molecule has 2 amide bonds. The van der Waals surface area contributed by atoms with Gasteiger partial charge in [-0.1, -0.05) is 41.4 Å². The Morgan fingerprint density at radius 2 is 1.53 bits per heavy atom. The number of halogens is 2. The van der Waals surface area contributed by atoms with E-state index in [-0.39, 0.29) is 22.0 Å². The van der Waals surface area contributed by atoms with E-state index in [1.54, 1.807) is 60.7 Å². The summed E-state index contributed by atoms with van der Waals surface area (Å²) in [5.41, 5.74) is 0.995. The van der Waals surface area contributed by atoms with E-state index in [1.807, 2.05) is 6.07 Å². The zero-order valence-corrected chi connectivity index (χ0v) is 20.9. The van der Waals surface area contributed by atoms with Gasteiger partial charge in [-0.15, -0.1) is 0 Å². The van der Waals surface area contributed by atoms with Gasteiger partial charge in [0.15, 0.2) is 6.10 Å². The molecule has 9 nitrogen and oxygen atoms in total. The molecule has 2 fully saturated rings. The van der Waals surface area contributed by atoms with Crippen LogP contribution in [0.4, 0.5) is 17.1 Å². The maximum absolute atomic E-state index is 13.7. The molecule has 3 heterocycles. The molecule has 0 bridgehead atoms. The molecule has 3 atom stereocenters. The molecule has 0 radical (unpaired) electrons. The highest BCUT2D eigenvalue weighted by molar-refractivity contribution is 6.31. The Morgan fingerprint density at radius 1 is 0.816 bits per heavy atom. The largest absolute Gasteiger partial charge is 0.458 e. The Labute approximate surface area is 225 Å². The highest BCUT2D eigenvalue weighted by Crippen LogP contribution is 2.48. The number of imide groups is 1. The molecule has 0 unspecified atom stereocenters. The summed E-state index contributed by atoms with van der Waals surface area (Å²) in [6, 6.07) is 22.0. The van der Waals surface area contributed by atoms with Crippen LogP contribution in [0.5, 0.6) is 0 Å². The summed E-state index contributed by atoms with van der Waals surface area (Å²) < 4.78 is 6.12. The first-order valence-corrected chi connectivity index (χ1v) is 12.3. The Kier molecular flexibility index (Phi) is 5.91. The van der Waals surface area contributed by atoms with Gasteiger partial charge in [0.1, 0.15) is 23.5 Å². The van der Waals surface area contributed by atoms with Crippen molar-refractivity contribution in [3.63, 3.8) is 0 Å². The first kappa shape index (κ1) is 24.2. The van der Waals surface area contributed by atoms with Crippen LogP contribution >= 0.6 is 23.2 Å². The normalized spacial score (nSPS) is 20.7. The number of hydrogen-bond donors (Lipinski definition) is 0. The predicted molar refractivity (Wildman–Crippen MR) is 140 cm³/mol. The van der Waals surface area contributed by atoms with Crippen LogP contribution in [0.2, 0.25) is 10.0 Å². The smallest absolute Gasteiger partial charge is 0.281 e. The molecule has 190 valence electrons. The Morgan fingerprint density at radius 3 is 2.24 bits per heavy atom. The third-order valence-electron chi connectivity index (χ3n) is 6.55. The first-order chi connectivity index (χ1) is 18.3. The number of carbonyl (C=O) groups is 2. The number of rotatable bonds is 5. The Balaban J connectivity index is 1.43. The summed E-state index contributed by atoms with van der Waals surface area (Å²) in [5, 5.41) is 13.8. The zero-order valence-electron chi connectivity index (χ0n) is 19.4. The van der Waals surface area contributed by atoms with Crippen molar-refractivity contribution in [2.75, 3.05) is 9.96 Å². The van der Waals surface area contributed by atoms with E-state index in [0.717, 1.165) is 4.90 Å². The van der Waals surface area contributed by atoms with Crippen LogP contribution in [0, 0.1) is 16.0 Å². The van der Waals surface area contributed by atoms with E-state index in [4.69, 9.17) is 32.5 Å². The van der Waals surface area contributed by atoms with Crippen LogP contribution < -0.4 is 9.96 Å². The second-order valence-electron chi connectivity index (χ2n) is 8.77. The molecule has 2 aliphatic heterocycles. The van der Waals surface area contributed by atoms with Gasteiger partial charge in [0.2, 0.25) is 5.91 Å². The molecule has 0 saturated carbocycles. The molecular formula is C27H17Cl2N3O6. The highest BCUT2D eigenvalue weighted by atomic mass is 35.5. The van der Waals surface area contributed by atoms with Gasteiger partial charge in [-0.05, 0) is 60.7 Å². The molecule has 11 heteroatoms. The van der Waals surface area contributed by atoms with Crippen molar-refractivity contribution in [1.82, 2.24) is 0 Å². The van der Waals surface area contributed by atoms with E-state index in [1.165, 1.54) is 23.3 Å². The summed E-state index contributed by atoms with van der Waals surface area (Å²) in [5.74, 6) is -1.38. The summed E-state index contributed by atoms with van der Waals surface area (Å²) in [7, 11) is 0. The number of benzene rings is 3. The minimum atomic E-state index is -1.10. The van der Waals surface area contributed by atoms with E-state index in [2.05, 4.69) is 0 Å². The van der Waals surface area contributed by atoms with Gasteiger partial charge in [-0.3, -0.25) is 24.5 Å². The number of furan rings is 1. The maximum Gasteiger partial charge on any atom is 0.281 e. The van der Waals surface area contributed by atoms with E-state index in [9.17, 15) is 19.7 Å². The van der Waals surface area contributed by atoms with Crippen LogP contribution in [-0.2, 0) is 14.4 Å². The van der Waals surface area contributed by atoms with Crippen molar-refractivity contribution >= 4 is 52.1 Å². The molecule has 38 heavy (non-hydrogen) atoms. The third-order valence-corrected chi connectivity index (χ3v) is 7.04. The fourth-order valence-electron chi connectivity index (χ4n) is 4.87. The zero-order chi connectivity index (χ0) is 26.6. The molecular weight excluding hydrogens is 533 g/mol. The number of nitro groups is 1. The average Bonchev–Trinajstić information content (AvgIpc) is 3.60. The minimum Gasteiger partial charge on any atom is -0.458 e. The van der Waals surface area contributed by atoms with Crippen LogP contribution in [-0.4, -0.2) is 22.8 Å². The number of amides is 2. The van der Waals surface area contributed by atoms with Crippen molar-refractivity contribution in [2.24, 2.45) is 5.92 Å². The lowest BCUT2D eigenvalue weighted by Crippen LogP contribution is -2.37. The monoisotopic (exact) mass is 549 g/mol. The van der Waals surface area contributed by atoms with Crippen molar-refractivity contribution in [3.8, 4) is 11.3 Å². The molecule has 2 aliphatic rings. The van der Waals surface area contributed by atoms with Crippen LogP contribution in [0.15, 0.2) is 89.3 Å². The molecule has 1 aromatic heterocycles. The van der Waals surface area contributed by atoms with Gasteiger partial charge in [-0.25, -0.2) is 9.96 Å². The lowest BCUT2D eigenvalue weighted by atomic mass is 9.94. The van der Waals surface area contributed by atoms with Crippen molar-refractivity contribution in [3.05, 3.63) is 111 Å². The molecule has 4 aromatic rings. The topological polar surface area (TPSA) is 106 Å².